The number of piperidine rings is 1. The lowest BCUT2D eigenvalue weighted by Gasteiger charge is -2.34. The first-order chi connectivity index (χ1) is 20.4. The van der Waals surface area contributed by atoms with Gasteiger partial charge in [-0.3, -0.25) is 4.79 Å². The van der Waals surface area contributed by atoms with Crippen molar-refractivity contribution in [1.29, 1.82) is 0 Å². The molecular weight excluding hydrogens is 549 g/mol. The molecule has 5 rings (SSSR count). The molecule has 2 aliphatic heterocycles. The summed E-state index contributed by atoms with van der Waals surface area (Å²) in [6.07, 6.45) is 4.45. The molecule has 2 fully saturated rings. The number of fused-ring (bicyclic) bond motifs is 1. The molecule has 3 heterocycles. The Balaban J connectivity index is 1.22. The van der Waals surface area contributed by atoms with E-state index in [1.165, 1.54) is 17.7 Å². The summed E-state index contributed by atoms with van der Waals surface area (Å²) >= 11 is 0. The van der Waals surface area contributed by atoms with Crippen molar-refractivity contribution in [1.82, 2.24) is 9.47 Å². The number of halogens is 2. The number of likely N-dealkylation sites (tertiary alicyclic amines) is 1. The van der Waals surface area contributed by atoms with Crippen molar-refractivity contribution in [3.63, 3.8) is 0 Å². The van der Waals surface area contributed by atoms with Crippen LogP contribution in [0.4, 0.5) is 8.78 Å². The van der Waals surface area contributed by atoms with E-state index < -0.39 is 11.6 Å². The Morgan fingerprint density at radius 3 is 2.37 bits per heavy atom. The van der Waals surface area contributed by atoms with Crippen LogP contribution in [0.5, 0.6) is 0 Å². The summed E-state index contributed by atoms with van der Waals surface area (Å²) in [6, 6.07) is 10.7. The van der Waals surface area contributed by atoms with Crippen LogP contribution >= 0.6 is 0 Å². The number of ether oxygens (including phenoxy) is 1. The highest BCUT2D eigenvalue weighted by Crippen LogP contribution is 2.38. The normalized spacial score (nSPS) is 19.9. The summed E-state index contributed by atoms with van der Waals surface area (Å²) in [7, 11) is 1.25. The van der Waals surface area contributed by atoms with Crippen LogP contribution in [0.1, 0.15) is 82.5 Å². The molecular formula is C34H45BF2N2O4. The number of benzene rings is 2. The molecule has 2 aliphatic rings. The van der Waals surface area contributed by atoms with Crippen molar-refractivity contribution < 1.29 is 27.6 Å². The molecule has 1 aromatic heterocycles. The number of nitrogens with zero attached hydrogens (tertiary/aromatic N) is 2. The molecule has 0 N–H and O–H groups in total. The lowest BCUT2D eigenvalue weighted by Crippen LogP contribution is -2.41. The lowest BCUT2D eigenvalue weighted by atomic mass is 9.78. The quantitative estimate of drug-likeness (QED) is 0.205. The number of amides is 1. The van der Waals surface area contributed by atoms with Gasteiger partial charge in [0.05, 0.1) is 16.7 Å². The molecule has 1 unspecified atom stereocenters. The van der Waals surface area contributed by atoms with Gasteiger partial charge in [0.1, 0.15) is 11.6 Å². The predicted molar refractivity (Wildman–Crippen MR) is 167 cm³/mol. The zero-order chi connectivity index (χ0) is 30.9. The minimum absolute atomic E-state index is 0.0222. The number of carbonyl (C=O) groups is 1. The van der Waals surface area contributed by atoms with Crippen molar-refractivity contribution in [2.75, 3.05) is 26.8 Å². The van der Waals surface area contributed by atoms with Crippen molar-refractivity contribution in [2.45, 2.75) is 96.8 Å². The SMILES string of the molecule is COCCCn1c(C2CCCN(C(=O)CCCc3ccc(B4OC(C)(C)C(C)(C)O4)cc3)C2)c(C)c2c(F)ccc(F)c21. The topological polar surface area (TPSA) is 52.9 Å². The number of hydrogen-bond donors (Lipinski definition) is 0. The van der Waals surface area contributed by atoms with E-state index in [4.69, 9.17) is 14.0 Å². The number of carbonyl (C=O) groups excluding carboxylic acids is 1. The van der Waals surface area contributed by atoms with Gasteiger partial charge in [-0.2, -0.15) is 0 Å². The first kappa shape index (κ1) is 31.7. The van der Waals surface area contributed by atoms with Gasteiger partial charge < -0.3 is 23.5 Å². The van der Waals surface area contributed by atoms with Crippen LogP contribution in [0.15, 0.2) is 36.4 Å². The van der Waals surface area contributed by atoms with Crippen molar-refractivity contribution in [2.24, 2.45) is 0 Å². The van der Waals surface area contributed by atoms with Crippen LogP contribution in [0, 0.1) is 18.6 Å². The third-order valence-electron chi connectivity index (χ3n) is 9.65. The first-order valence-electron chi connectivity index (χ1n) is 15.6. The van der Waals surface area contributed by atoms with E-state index in [1.54, 1.807) is 7.11 Å². The van der Waals surface area contributed by atoms with Crippen molar-refractivity contribution in [3.05, 3.63) is 64.9 Å². The highest BCUT2D eigenvalue weighted by atomic mass is 19.1. The highest BCUT2D eigenvalue weighted by molar-refractivity contribution is 6.62. The zero-order valence-electron chi connectivity index (χ0n) is 26.5. The minimum atomic E-state index is -0.420. The molecule has 232 valence electrons. The molecule has 0 bridgehead atoms. The van der Waals surface area contributed by atoms with Crippen LogP contribution in [0.3, 0.4) is 0 Å². The zero-order valence-corrected chi connectivity index (χ0v) is 26.5. The van der Waals surface area contributed by atoms with E-state index in [1.807, 2.05) is 56.2 Å². The van der Waals surface area contributed by atoms with Gasteiger partial charge in [0.15, 0.2) is 0 Å². The van der Waals surface area contributed by atoms with E-state index in [0.717, 1.165) is 42.4 Å². The van der Waals surface area contributed by atoms with E-state index in [0.29, 0.717) is 50.0 Å². The Morgan fingerprint density at radius 1 is 1.02 bits per heavy atom. The fourth-order valence-electron chi connectivity index (χ4n) is 6.59. The van der Waals surface area contributed by atoms with Gasteiger partial charge >= 0.3 is 7.12 Å². The second kappa shape index (κ2) is 12.7. The Labute approximate surface area is 254 Å². The van der Waals surface area contributed by atoms with E-state index in [2.05, 4.69) is 12.1 Å². The molecule has 6 nitrogen and oxygen atoms in total. The molecule has 0 radical (unpaired) electrons. The molecule has 1 atom stereocenters. The van der Waals surface area contributed by atoms with E-state index >= 15 is 4.39 Å². The van der Waals surface area contributed by atoms with Crippen LogP contribution in [0.25, 0.3) is 10.9 Å². The number of hydrogen-bond acceptors (Lipinski definition) is 4. The van der Waals surface area contributed by atoms with Crippen LogP contribution in [0.2, 0.25) is 0 Å². The average Bonchev–Trinajstić information content (AvgIpc) is 3.39. The van der Waals surface area contributed by atoms with Crippen molar-refractivity contribution in [3.8, 4) is 0 Å². The lowest BCUT2D eigenvalue weighted by molar-refractivity contribution is -0.132. The Morgan fingerprint density at radius 2 is 1.70 bits per heavy atom. The van der Waals surface area contributed by atoms with Gasteiger partial charge in [-0.15, -0.1) is 0 Å². The van der Waals surface area contributed by atoms with E-state index in [-0.39, 0.29) is 30.1 Å². The number of methoxy groups -OCH3 is 1. The van der Waals surface area contributed by atoms with Crippen LogP contribution in [-0.4, -0.2) is 60.5 Å². The number of aryl methyl sites for hydroxylation is 3. The van der Waals surface area contributed by atoms with Gasteiger partial charge in [-0.25, -0.2) is 8.78 Å². The smallest absolute Gasteiger partial charge is 0.399 e. The first-order valence-corrected chi connectivity index (χ1v) is 15.6. The maximum Gasteiger partial charge on any atom is 0.494 e. The number of rotatable bonds is 10. The summed E-state index contributed by atoms with van der Waals surface area (Å²) in [5.74, 6) is -0.672. The molecule has 43 heavy (non-hydrogen) atoms. The fraction of sp³-hybridized carbons (Fsp3) is 0.559. The fourth-order valence-corrected chi connectivity index (χ4v) is 6.59. The summed E-state index contributed by atoms with van der Waals surface area (Å²) in [5, 5.41) is 0.348. The summed E-state index contributed by atoms with van der Waals surface area (Å²) < 4.78 is 49.5. The van der Waals surface area contributed by atoms with Gasteiger partial charge in [-0.1, -0.05) is 24.3 Å². The maximum atomic E-state index is 15.0. The summed E-state index contributed by atoms with van der Waals surface area (Å²) in [6.45, 7) is 12.4. The monoisotopic (exact) mass is 594 g/mol. The third kappa shape index (κ3) is 6.40. The Kier molecular flexibility index (Phi) is 9.35. The predicted octanol–water partition coefficient (Wildman–Crippen LogP) is 6.29. The van der Waals surface area contributed by atoms with Gasteiger partial charge in [0, 0.05) is 56.8 Å². The van der Waals surface area contributed by atoms with E-state index in [9.17, 15) is 9.18 Å². The Hall–Kier alpha value is -2.75. The molecule has 0 aliphatic carbocycles. The summed E-state index contributed by atoms with van der Waals surface area (Å²) in [5.41, 5.74) is 3.43. The van der Waals surface area contributed by atoms with Gasteiger partial charge in [0.2, 0.25) is 5.91 Å². The largest absolute Gasteiger partial charge is 0.494 e. The Bertz CT molecular complexity index is 1440. The standard InChI is InChI=1S/C34H45BF2N2O4/c1-23-30-27(36)17-18-28(37)32(30)39(20-9-21-41-6)31(23)25-11-8-19-38(22-25)29(40)12-7-10-24-13-15-26(16-14-24)35-42-33(2,3)34(4,5)43-35/h13-18,25H,7-12,19-22H2,1-6H3. The average molecular weight is 595 g/mol. The molecule has 3 aromatic rings. The van der Waals surface area contributed by atoms with Gasteiger partial charge in [0.25, 0.3) is 0 Å². The molecule has 9 heteroatoms. The van der Waals surface area contributed by atoms with Crippen molar-refractivity contribution >= 4 is 29.4 Å². The van der Waals surface area contributed by atoms with Gasteiger partial charge in [-0.05, 0) is 95.4 Å². The summed E-state index contributed by atoms with van der Waals surface area (Å²) in [4.78, 5) is 15.3. The van der Waals surface area contributed by atoms with Crippen LogP contribution < -0.4 is 5.46 Å². The maximum absolute atomic E-state index is 15.0. The second-order valence-electron chi connectivity index (χ2n) is 13.1. The molecule has 0 saturated carbocycles. The van der Waals surface area contributed by atoms with Crippen LogP contribution in [-0.2, 0) is 31.8 Å². The third-order valence-corrected chi connectivity index (χ3v) is 9.65. The minimum Gasteiger partial charge on any atom is -0.399 e. The highest BCUT2D eigenvalue weighted by Gasteiger charge is 2.51. The molecule has 0 spiro atoms. The second-order valence-corrected chi connectivity index (χ2v) is 13.1. The number of aromatic nitrogens is 1. The molecule has 1 amide bonds. The molecule has 2 saturated heterocycles. The molecule has 2 aromatic carbocycles.